The highest BCUT2D eigenvalue weighted by molar-refractivity contribution is 7.80. The molecule has 2 aromatic rings. The molecule has 0 fully saturated rings. The number of nitro groups is 1. The van der Waals surface area contributed by atoms with E-state index in [1.165, 1.54) is 6.07 Å². The molecule has 0 heterocycles. The fourth-order valence-corrected chi connectivity index (χ4v) is 2.11. The van der Waals surface area contributed by atoms with Gasteiger partial charge in [0, 0.05) is 23.8 Å². The molecule has 0 radical (unpaired) electrons. The first kappa shape index (κ1) is 24.6. The molecule has 0 atom stereocenters. The third-order valence-corrected chi connectivity index (χ3v) is 3.24. The van der Waals surface area contributed by atoms with Crippen LogP contribution in [0.3, 0.4) is 0 Å². The van der Waals surface area contributed by atoms with Gasteiger partial charge in [0.1, 0.15) is 5.82 Å². The van der Waals surface area contributed by atoms with Crippen LogP contribution in [-0.4, -0.2) is 32.9 Å². The number of aliphatic hydroxyl groups excluding tert-OH is 1. The van der Waals surface area contributed by atoms with Crippen LogP contribution in [0.2, 0.25) is 0 Å². The minimum Gasteiger partial charge on any atom is -0.487 e. The van der Waals surface area contributed by atoms with E-state index in [4.69, 9.17) is 26.8 Å². The first-order valence-corrected chi connectivity index (χ1v) is 8.74. The maximum atomic E-state index is 13.7. The Kier molecular flexibility index (Phi) is 9.45. The molecular formula is C17H15F2N3O6S2. The van der Waals surface area contributed by atoms with Gasteiger partial charge < -0.3 is 20.3 Å². The lowest BCUT2D eigenvalue weighted by Crippen LogP contribution is -2.30. The third-order valence-electron chi connectivity index (χ3n) is 3.02. The maximum Gasteiger partial charge on any atom is 0.311 e. The van der Waals surface area contributed by atoms with Crippen molar-refractivity contribution in [3.63, 3.8) is 0 Å². The molecule has 0 aromatic heterocycles. The molecule has 2 aromatic carbocycles. The van der Waals surface area contributed by atoms with Crippen molar-refractivity contribution >= 4 is 46.4 Å². The number of nitrogens with zero attached hydrogens (tertiary/aromatic N) is 1. The molecule has 0 saturated carbocycles. The normalized spacial score (nSPS) is 9.57. The van der Waals surface area contributed by atoms with Crippen molar-refractivity contribution < 1.29 is 33.1 Å². The van der Waals surface area contributed by atoms with Gasteiger partial charge in [0.15, 0.2) is 11.6 Å². The second-order valence-corrected chi connectivity index (χ2v) is 5.92. The molecule has 0 bridgehead atoms. The van der Waals surface area contributed by atoms with Crippen LogP contribution in [-0.2, 0) is 4.74 Å². The van der Waals surface area contributed by atoms with Gasteiger partial charge in [-0.1, -0.05) is 0 Å². The Morgan fingerprint density at radius 3 is 2.40 bits per heavy atom. The van der Waals surface area contributed by atoms with E-state index in [1.807, 2.05) is 0 Å². The summed E-state index contributed by atoms with van der Waals surface area (Å²) in [7, 11) is 0. The number of halogens is 2. The molecule has 4 N–H and O–H groups in total. The summed E-state index contributed by atoms with van der Waals surface area (Å²) < 4.78 is 36.8. The van der Waals surface area contributed by atoms with Crippen LogP contribution >= 0.6 is 24.4 Å². The number of nitro benzene ring substituents is 1. The molecule has 30 heavy (non-hydrogen) atoms. The summed E-state index contributed by atoms with van der Waals surface area (Å²) in [6.45, 7) is 1.92. The van der Waals surface area contributed by atoms with Gasteiger partial charge in [-0.25, -0.2) is 8.78 Å². The molecule has 0 aliphatic heterocycles. The summed E-state index contributed by atoms with van der Waals surface area (Å²) in [5, 5.41) is 20.3. The average Bonchev–Trinajstić information content (AvgIpc) is 2.63. The number of ether oxygens (including phenoxy) is 2. The van der Waals surface area contributed by atoms with E-state index in [0.29, 0.717) is 6.07 Å². The Hall–Kier alpha value is -3.45. The fraction of sp³-hybridized carbons (Fsp3) is 0.118. The number of carbonyl (C=O) groups excluding carboxylic acids is 1. The van der Waals surface area contributed by atoms with E-state index in [9.17, 15) is 23.7 Å². The number of amides is 1. The summed E-state index contributed by atoms with van der Waals surface area (Å²) in [5.74, 6) is -3.40. The van der Waals surface area contributed by atoms with Crippen LogP contribution in [0.4, 0.5) is 14.5 Å². The van der Waals surface area contributed by atoms with Crippen molar-refractivity contribution in [3.8, 4) is 11.5 Å². The van der Waals surface area contributed by atoms with Gasteiger partial charge in [0.25, 0.3) is 16.3 Å². The molecule has 0 spiro atoms. The van der Waals surface area contributed by atoms with Gasteiger partial charge >= 0.3 is 5.69 Å². The maximum absolute atomic E-state index is 13.7. The van der Waals surface area contributed by atoms with E-state index in [2.05, 4.69) is 23.3 Å². The first-order chi connectivity index (χ1) is 14.0. The Morgan fingerprint density at radius 1 is 1.23 bits per heavy atom. The van der Waals surface area contributed by atoms with Gasteiger partial charge in [-0.3, -0.25) is 20.2 Å². The van der Waals surface area contributed by atoms with Crippen LogP contribution < -0.4 is 15.8 Å². The number of thiocarbonyl (C=S) groups is 2. The van der Waals surface area contributed by atoms with Crippen molar-refractivity contribution in [1.29, 1.82) is 0 Å². The predicted octanol–water partition coefficient (Wildman–Crippen LogP) is 3.50. The molecule has 0 saturated heterocycles. The van der Waals surface area contributed by atoms with Crippen molar-refractivity contribution in [2.24, 2.45) is 5.73 Å². The first-order valence-electron chi connectivity index (χ1n) is 7.93. The second-order valence-electron chi connectivity index (χ2n) is 5.13. The molecular weight excluding hydrogens is 444 g/mol. The molecule has 0 aliphatic rings. The predicted molar refractivity (Wildman–Crippen MR) is 111 cm³/mol. The van der Waals surface area contributed by atoms with E-state index >= 15 is 0 Å². The Balaban J connectivity index is 0.00000103. The summed E-state index contributed by atoms with van der Waals surface area (Å²) in [6.07, 6.45) is 0. The number of nitrogens with two attached hydrogens (primary N) is 1. The highest BCUT2D eigenvalue weighted by Crippen LogP contribution is 2.33. The van der Waals surface area contributed by atoms with Gasteiger partial charge in [0.05, 0.1) is 11.5 Å². The number of hydrogen-bond acceptors (Lipinski definition) is 7. The van der Waals surface area contributed by atoms with Gasteiger partial charge in [-0.15, -0.1) is 0 Å². The quantitative estimate of drug-likeness (QED) is 0.348. The summed E-state index contributed by atoms with van der Waals surface area (Å²) >= 11 is 8.66. The zero-order valence-electron chi connectivity index (χ0n) is 15.3. The van der Waals surface area contributed by atoms with E-state index in [-0.39, 0.29) is 17.3 Å². The third kappa shape index (κ3) is 7.89. The van der Waals surface area contributed by atoms with Crippen LogP contribution in [0.1, 0.15) is 17.3 Å². The fourth-order valence-electron chi connectivity index (χ4n) is 1.90. The van der Waals surface area contributed by atoms with Crippen molar-refractivity contribution in [2.45, 2.75) is 6.92 Å². The van der Waals surface area contributed by atoms with E-state index < -0.39 is 44.8 Å². The molecule has 0 unspecified atom stereocenters. The molecule has 160 valence electrons. The number of rotatable bonds is 5. The van der Waals surface area contributed by atoms with Crippen LogP contribution in [0, 0.1) is 21.7 Å². The molecule has 9 nitrogen and oxygen atoms in total. The highest BCUT2D eigenvalue weighted by atomic mass is 32.1. The summed E-state index contributed by atoms with van der Waals surface area (Å²) in [5.41, 5.74) is 3.86. The topological polar surface area (TPSA) is 137 Å². The molecule has 2 rings (SSSR count). The smallest absolute Gasteiger partial charge is 0.311 e. The lowest BCUT2D eigenvalue weighted by Gasteiger charge is -2.10. The Morgan fingerprint density at radius 2 is 1.87 bits per heavy atom. The molecule has 1 amide bonds. The minimum atomic E-state index is -1.05. The number of nitrogens with one attached hydrogen (secondary N) is 1. The largest absolute Gasteiger partial charge is 0.487 e. The minimum absolute atomic E-state index is 0.0322. The zero-order chi connectivity index (χ0) is 22.8. The van der Waals surface area contributed by atoms with Gasteiger partial charge in [0.2, 0.25) is 5.75 Å². The number of carbonyl (C=O) groups is 1. The van der Waals surface area contributed by atoms with Crippen molar-refractivity contribution in [1.82, 2.24) is 5.32 Å². The number of benzene rings is 2. The van der Waals surface area contributed by atoms with Crippen molar-refractivity contribution in [3.05, 3.63) is 63.7 Å². The average molecular weight is 459 g/mol. The van der Waals surface area contributed by atoms with E-state index in [1.54, 1.807) is 6.92 Å². The van der Waals surface area contributed by atoms with Crippen LogP contribution in [0.25, 0.3) is 0 Å². The van der Waals surface area contributed by atoms with Crippen molar-refractivity contribution in [2.75, 3.05) is 6.61 Å². The van der Waals surface area contributed by atoms with Crippen LogP contribution in [0.15, 0.2) is 36.4 Å². The molecule has 0 aliphatic carbocycles. The Bertz CT molecular complexity index is 971. The summed E-state index contributed by atoms with van der Waals surface area (Å²) in [4.78, 5) is 22.5. The standard InChI is InChI=1S/C16H12F2N2O5S.CH3NOS/c1-2-24-16(26)19-15(21)9-3-5-12(20(22)23)14(7-9)25-13-6-4-10(17)8-11(13)18;2-1(3)4/h3-8H,2H2,1H3,(H,19,21,26);(H3,2,3,4). The van der Waals surface area contributed by atoms with Gasteiger partial charge in [-0.2, -0.15) is 0 Å². The lowest BCUT2D eigenvalue weighted by molar-refractivity contribution is -0.385. The monoisotopic (exact) mass is 459 g/mol. The van der Waals surface area contributed by atoms with E-state index in [0.717, 1.165) is 24.3 Å². The number of hydrogen-bond donors (Lipinski definition) is 3. The Labute approximate surface area is 179 Å². The SMILES string of the molecule is CCOC(=S)NC(=O)c1ccc([N+](=O)[O-])c(Oc2ccc(F)cc2F)c1.NC(O)=S. The van der Waals surface area contributed by atoms with Crippen LogP contribution in [0.5, 0.6) is 11.5 Å². The highest BCUT2D eigenvalue weighted by Gasteiger charge is 2.20. The lowest BCUT2D eigenvalue weighted by atomic mass is 10.1. The molecule has 13 heteroatoms. The van der Waals surface area contributed by atoms with Gasteiger partial charge in [-0.05, 0) is 49.6 Å². The second kappa shape index (κ2) is 11.5. The summed E-state index contributed by atoms with van der Waals surface area (Å²) in [6, 6.07) is 5.72. The number of aliphatic hydroxyl groups is 1. The zero-order valence-corrected chi connectivity index (χ0v) is 16.9.